The van der Waals surface area contributed by atoms with Gasteiger partial charge in [0.05, 0.1) is 12.2 Å². The highest BCUT2D eigenvalue weighted by molar-refractivity contribution is 7.12. The van der Waals surface area contributed by atoms with Crippen LogP contribution in [0.4, 0.5) is 19.0 Å². The van der Waals surface area contributed by atoms with Crippen molar-refractivity contribution in [3.8, 4) is 6.07 Å². The molecule has 21 heavy (non-hydrogen) atoms. The first-order chi connectivity index (χ1) is 9.90. The predicted octanol–water partition coefficient (Wildman–Crippen LogP) is 3.79. The van der Waals surface area contributed by atoms with Gasteiger partial charge < -0.3 is 5.32 Å². The second kappa shape index (κ2) is 4.77. The minimum Gasteiger partial charge on any atom is -0.361 e. The van der Waals surface area contributed by atoms with Crippen LogP contribution in [0.25, 0.3) is 0 Å². The number of fused-ring (bicyclic) bond motifs is 1. The molecule has 0 saturated heterocycles. The molecule has 0 aromatic carbocycles. The summed E-state index contributed by atoms with van der Waals surface area (Å²) in [7, 11) is 0. The van der Waals surface area contributed by atoms with Crippen molar-refractivity contribution >= 4 is 17.2 Å². The number of anilines is 1. The van der Waals surface area contributed by atoms with E-state index in [0.717, 1.165) is 14.4 Å². The number of aromatic nitrogens is 2. The number of nitrogens with one attached hydrogen (secondary N) is 1. The molecule has 0 radical (unpaired) electrons. The van der Waals surface area contributed by atoms with E-state index in [1.54, 1.807) is 0 Å². The largest absolute Gasteiger partial charge is 0.410 e. The van der Waals surface area contributed by atoms with E-state index in [4.69, 9.17) is 5.26 Å². The fraction of sp³-hybridized carbons (Fsp3) is 0.385. The highest BCUT2D eigenvalue weighted by atomic mass is 32.1. The molecule has 0 spiro atoms. The Morgan fingerprint density at radius 2 is 2.24 bits per heavy atom. The van der Waals surface area contributed by atoms with Gasteiger partial charge in [-0.1, -0.05) is 0 Å². The maximum atomic E-state index is 13.3. The third-order valence-electron chi connectivity index (χ3n) is 3.46. The first kappa shape index (κ1) is 13.9. The molecular weight excluding hydrogens is 301 g/mol. The fourth-order valence-corrected chi connectivity index (χ4v) is 3.41. The molecule has 4 nitrogen and oxygen atoms in total. The Hall–Kier alpha value is -2.01. The summed E-state index contributed by atoms with van der Waals surface area (Å²) in [4.78, 5) is 1.87. The molecule has 1 N–H and O–H groups in total. The van der Waals surface area contributed by atoms with Gasteiger partial charge >= 0.3 is 6.18 Å². The van der Waals surface area contributed by atoms with Crippen molar-refractivity contribution in [1.82, 2.24) is 9.78 Å². The zero-order valence-corrected chi connectivity index (χ0v) is 11.8. The van der Waals surface area contributed by atoms with Crippen molar-refractivity contribution in [2.24, 2.45) is 0 Å². The van der Waals surface area contributed by atoms with Crippen LogP contribution in [0.1, 0.15) is 33.8 Å². The van der Waals surface area contributed by atoms with Gasteiger partial charge in [-0.15, -0.1) is 11.3 Å². The van der Waals surface area contributed by atoms with E-state index in [1.807, 2.05) is 25.1 Å². The molecule has 3 heterocycles. The number of hydrogen-bond donors (Lipinski definition) is 1. The molecule has 2 aromatic rings. The number of aryl methyl sites for hydroxylation is 1. The number of rotatable bonds is 1. The molecule has 0 bridgehead atoms. The summed E-state index contributed by atoms with van der Waals surface area (Å²) < 4.78 is 40.6. The van der Waals surface area contributed by atoms with E-state index >= 15 is 0 Å². The number of nitrogens with zero attached hydrogens (tertiary/aromatic N) is 3. The molecule has 3 rings (SSSR count). The zero-order valence-electron chi connectivity index (χ0n) is 11.0. The van der Waals surface area contributed by atoms with Gasteiger partial charge in [-0.05, 0) is 19.1 Å². The summed E-state index contributed by atoms with van der Waals surface area (Å²) in [6.07, 6.45) is -3.37. The van der Waals surface area contributed by atoms with Gasteiger partial charge in [0.2, 0.25) is 0 Å². The number of nitriles is 1. The number of alkyl halides is 3. The Morgan fingerprint density at radius 1 is 1.48 bits per heavy atom. The Labute approximate surface area is 122 Å². The van der Waals surface area contributed by atoms with Gasteiger partial charge in [0.25, 0.3) is 0 Å². The van der Waals surface area contributed by atoms with Crippen LogP contribution in [-0.4, -0.2) is 16.0 Å². The second-order valence-electron chi connectivity index (χ2n) is 4.90. The van der Waals surface area contributed by atoms with Gasteiger partial charge in [0, 0.05) is 16.2 Å². The van der Waals surface area contributed by atoms with Gasteiger partial charge in [0.15, 0.2) is 6.04 Å². The Morgan fingerprint density at radius 3 is 2.81 bits per heavy atom. The van der Waals surface area contributed by atoms with Crippen LogP contribution in [0.2, 0.25) is 0 Å². The van der Waals surface area contributed by atoms with E-state index in [9.17, 15) is 13.2 Å². The van der Waals surface area contributed by atoms with Crippen LogP contribution >= 0.6 is 11.3 Å². The quantitative estimate of drug-likeness (QED) is 0.871. The molecule has 0 saturated carbocycles. The topological polar surface area (TPSA) is 53.6 Å². The summed E-state index contributed by atoms with van der Waals surface area (Å²) in [5, 5.41) is 15.8. The second-order valence-corrected chi connectivity index (χ2v) is 6.22. The number of halogens is 3. The fourth-order valence-electron chi connectivity index (χ4n) is 2.47. The summed E-state index contributed by atoms with van der Waals surface area (Å²) in [5.41, 5.74) is 0.127. The smallest absolute Gasteiger partial charge is 0.361 e. The van der Waals surface area contributed by atoms with Crippen molar-refractivity contribution in [3.05, 3.63) is 33.6 Å². The van der Waals surface area contributed by atoms with Crippen molar-refractivity contribution in [2.75, 3.05) is 5.32 Å². The van der Waals surface area contributed by atoms with Crippen molar-refractivity contribution in [3.63, 3.8) is 0 Å². The average molecular weight is 312 g/mol. The molecule has 2 atom stereocenters. The average Bonchev–Trinajstić information content (AvgIpc) is 3.02. The lowest BCUT2D eigenvalue weighted by Crippen LogP contribution is -2.35. The molecule has 0 aliphatic carbocycles. The van der Waals surface area contributed by atoms with Crippen molar-refractivity contribution < 1.29 is 13.2 Å². The highest BCUT2D eigenvalue weighted by Crippen LogP contribution is 2.45. The van der Waals surface area contributed by atoms with Crippen LogP contribution in [0.5, 0.6) is 0 Å². The number of hydrogen-bond acceptors (Lipinski definition) is 4. The van der Waals surface area contributed by atoms with E-state index in [2.05, 4.69) is 10.4 Å². The van der Waals surface area contributed by atoms with Gasteiger partial charge in [-0.25, -0.2) is 4.68 Å². The zero-order chi connectivity index (χ0) is 15.2. The van der Waals surface area contributed by atoms with Crippen LogP contribution in [0, 0.1) is 18.3 Å². The summed E-state index contributed by atoms with van der Waals surface area (Å²) in [5.74, 6) is 0.141. The summed E-state index contributed by atoms with van der Waals surface area (Å²) in [6.45, 7) is 1.91. The molecule has 110 valence electrons. The SMILES string of the molecule is Cc1ccc(C2CC(C(F)(F)F)n3ncc(C#N)c3N2)s1. The third-order valence-corrected chi connectivity index (χ3v) is 4.58. The van der Waals surface area contributed by atoms with E-state index in [-0.39, 0.29) is 17.8 Å². The number of thiophene rings is 1. The summed E-state index contributed by atoms with van der Waals surface area (Å²) in [6, 6.07) is 3.39. The minimum absolute atomic E-state index is 0.127. The molecule has 8 heteroatoms. The van der Waals surface area contributed by atoms with Gasteiger partial charge in [-0.3, -0.25) is 0 Å². The minimum atomic E-state index is -4.40. The lowest BCUT2D eigenvalue weighted by molar-refractivity contribution is -0.173. The van der Waals surface area contributed by atoms with E-state index < -0.39 is 18.3 Å². The Bertz CT molecular complexity index is 710. The van der Waals surface area contributed by atoms with Gasteiger partial charge in [-0.2, -0.15) is 23.5 Å². The van der Waals surface area contributed by atoms with E-state index in [1.165, 1.54) is 17.5 Å². The molecule has 2 unspecified atom stereocenters. The molecular formula is C13H11F3N4S. The lowest BCUT2D eigenvalue weighted by Gasteiger charge is -2.33. The van der Waals surface area contributed by atoms with Crippen LogP contribution in [-0.2, 0) is 0 Å². The van der Waals surface area contributed by atoms with Crippen LogP contribution in [0.15, 0.2) is 18.3 Å². The molecule has 0 fully saturated rings. The first-order valence-electron chi connectivity index (χ1n) is 6.27. The predicted molar refractivity (Wildman–Crippen MR) is 72.1 cm³/mol. The molecule has 0 amide bonds. The molecule has 1 aliphatic rings. The van der Waals surface area contributed by atoms with Gasteiger partial charge in [0.1, 0.15) is 17.5 Å². The first-order valence-corrected chi connectivity index (χ1v) is 7.09. The third kappa shape index (κ3) is 2.38. The maximum Gasteiger partial charge on any atom is 0.410 e. The Balaban J connectivity index is 2.05. The van der Waals surface area contributed by atoms with Crippen molar-refractivity contribution in [1.29, 1.82) is 5.26 Å². The molecule has 2 aromatic heterocycles. The lowest BCUT2D eigenvalue weighted by atomic mass is 10.0. The monoisotopic (exact) mass is 312 g/mol. The maximum absolute atomic E-state index is 13.3. The standard InChI is InChI=1S/C13H11F3N4S/c1-7-2-3-10(21-7)9-4-11(13(14,15)16)20-12(19-9)8(5-17)6-18-20/h2-3,6,9,11,19H,4H2,1H3. The van der Waals surface area contributed by atoms with Crippen molar-refractivity contribution in [2.45, 2.75) is 31.6 Å². The van der Waals surface area contributed by atoms with Crippen LogP contribution < -0.4 is 5.32 Å². The normalized spacial score (nSPS) is 21.5. The molecule has 1 aliphatic heterocycles. The Kier molecular flexibility index (Phi) is 3.17. The van der Waals surface area contributed by atoms with E-state index in [0.29, 0.717) is 0 Å². The highest BCUT2D eigenvalue weighted by Gasteiger charge is 2.47. The summed E-state index contributed by atoms with van der Waals surface area (Å²) >= 11 is 1.46. The van der Waals surface area contributed by atoms with Crippen LogP contribution in [0.3, 0.4) is 0 Å².